The second-order valence-electron chi connectivity index (χ2n) is 16.3. The van der Waals surface area contributed by atoms with Crippen LogP contribution in [0.15, 0.2) is 24.3 Å². The van der Waals surface area contributed by atoms with E-state index in [4.69, 9.17) is 9.47 Å². The normalized spacial score (nSPS) is 21.3. The second kappa shape index (κ2) is 36.3. The van der Waals surface area contributed by atoms with Gasteiger partial charge < -0.3 is 35.2 Å². The van der Waals surface area contributed by atoms with E-state index in [-0.39, 0.29) is 18.9 Å². The van der Waals surface area contributed by atoms with E-state index < -0.39 is 59.9 Å². The molecular formula is C45H85NO11S. The molecule has 0 aliphatic carbocycles. The SMILES string of the molecule is CCCCCCCCCCC/C=C\CCCCCCCC(=O)NC(COC1OC(CO)C(O)C(OS(=O)(=O)O)C1O)C(O)/C=C/CCCCCCCCCCCCC. The summed E-state index contributed by atoms with van der Waals surface area (Å²) in [7, 11) is -5.08. The number of hydrogen-bond donors (Lipinski definition) is 6. The Hall–Kier alpha value is -1.42. The Bertz CT molecular complexity index is 1140. The molecule has 0 spiro atoms. The molecule has 12 nitrogen and oxygen atoms in total. The first-order valence-electron chi connectivity index (χ1n) is 23.2. The lowest BCUT2D eigenvalue weighted by molar-refractivity contribution is -0.298. The smallest absolute Gasteiger partial charge is 0.394 e. The monoisotopic (exact) mass is 848 g/mol. The molecular weight excluding hydrogens is 763 g/mol. The first-order valence-corrected chi connectivity index (χ1v) is 24.6. The number of hydrogen-bond acceptors (Lipinski definition) is 10. The van der Waals surface area contributed by atoms with E-state index in [9.17, 15) is 38.2 Å². The fourth-order valence-electron chi connectivity index (χ4n) is 7.33. The van der Waals surface area contributed by atoms with E-state index in [1.165, 1.54) is 116 Å². The number of allylic oxidation sites excluding steroid dienone is 3. The van der Waals surface area contributed by atoms with Gasteiger partial charge in [-0.15, -0.1) is 0 Å². The molecule has 1 saturated heterocycles. The third-order valence-electron chi connectivity index (χ3n) is 11.0. The van der Waals surface area contributed by atoms with Crippen molar-refractivity contribution in [1.82, 2.24) is 5.32 Å². The zero-order valence-corrected chi connectivity index (χ0v) is 37.2. The van der Waals surface area contributed by atoms with Gasteiger partial charge in [-0.05, 0) is 44.9 Å². The largest absolute Gasteiger partial charge is 0.397 e. The number of aliphatic hydroxyl groups excluding tert-OH is 4. The predicted octanol–water partition coefficient (Wildman–Crippen LogP) is 8.94. The van der Waals surface area contributed by atoms with E-state index in [0.29, 0.717) is 6.42 Å². The maximum Gasteiger partial charge on any atom is 0.397 e. The number of unbranched alkanes of at least 4 members (excludes halogenated alkanes) is 25. The van der Waals surface area contributed by atoms with Crippen LogP contribution in [-0.4, -0.2) is 95.4 Å². The molecule has 0 aromatic carbocycles. The van der Waals surface area contributed by atoms with Crippen LogP contribution in [0.25, 0.3) is 0 Å². The number of nitrogens with one attached hydrogen (secondary N) is 1. The van der Waals surface area contributed by atoms with Gasteiger partial charge in [-0.25, -0.2) is 4.18 Å². The zero-order valence-electron chi connectivity index (χ0n) is 36.4. The van der Waals surface area contributed by atoms with Crippen molar-refractivity contribution in [3.05, 3.63) is 24.3 Å². The predicted molar refractivity (Wildman–Crippen MR) is 232 cm³/mol. The molecule has 13 heteroatoms. The number of aliphatic hydroxyl groups is 4. The maximum absolute atomic E-state index is 13.0. The lowest BCUT2D eigenvalue weighted by atomic mass is 9.99. The summed E-state index contributed by atoms with van der Waals surface area (Å²) in [5.41, 5.74) is 0. The Kier molecular flexibility index (Phi) is 34.1. The van der Waals surface area contributed by atoms with Gasteiger partial charge in [0.05, 0.1) is 25.4 Å². The van der Waals surface area contributed by atoms with Gasteiger partial charge in [-0.3, -0.25) is 9.35 Å². The summed E-state index contributed by atoms with van der Waals surface area (Å²) in [4.78, 5) is 13.0. The highest BCUT2D eigenvalue weighted by Crippen LogP contribution is 2.26. The highest BCUT2D eigenvalue weighted by Gasteiger charge is 2.48. The van der Waals surface area contributed by atoms with Gasteiger partial charge in [-0.1, -0.05) is 173 Å². The van der Waals surface area contributed by atoms with Crippen LogP contribution in [0.1, 0.15) is 200 Å². The second-order valence-corrected chi connectivity index (χ2v) is 17.4. The lowest BCUT2D eigenvalue weighted by Gasteiger charge is -2.41. The van der Waals surface area contributed by atoms with E-state index >= 15 is 0 Å². The molecule has 0 saturated carbocycles. The summed E-state index contributed by atoms with van der Waals surface area (Å²) in [6.07, 6.45) is 32.1. The van der Waals surface area contributed by atoms with Crippen molar-refractivity contribution < 1.29 is 51.8 Å². The van der Waals surface area contributed by atoms with E-state index in [2.05, 4.69) is 35.5 Å². The van der Waals surface area contributed by atoms with Crippen LogP contribution >= 0.6 is 0 Å². The average Bonchev–Trinajstić information content (AvgIpc) is 3.19. The van der Waals surface area contributed by atoms with Gasteiger partial charge in [0, 0.05) is 6.42 Å². The summed E-state index contributed by atoms with van der Waals surface area (Å²) in [6, 6.07) is -0.945. The Balaban J connectivity index is 2.52. The molecule has 6 N–H and O–H groups in total. The molecule has 0 radical (unpaired) electrons. The molecule has 1 amide bonds. The number of amides is 1. The van der Waals surface area contributed by atoms with E-state index in [0.717, 1.165) is 57.8 Å². The number of carbonyl (C=O) groups is 1. The summed E-state index contributed by atoms with van der Waals surface area (Å²) in [5, 5.41) is 44.6. The van der Waals surface area contributed by atoms with Gasteiger partial charge >= 0.3 is 10.4 Å². The molecule has 0 bridgehead atoms. The van der Waals surface area contributed by atoms with E-state index in [1.807, 2.05) is 6.08 Å². The van der Waals surface area contributed by atoms with Crippen molar-refractivity contribution in [2.24, 2.45) is 0 Å². The fraction of sp³-hybridized carbons (Fsp3) is 0.889. The topological polar surface area (TPSA) is 192 Å². The number of rotatable bonds is 39. The van der Waals surface area contributed by atoms with Crippen molar-refractivity contribution >= 4 is 16.3 Å². The Morgan fingerprint density at radius 3 is 1.55 bits per heavy atom. The maximum atomic E-state index is 13.0. The summed E-state index contributed by atoms with van der Waals surface area (Å²) < 4.78 is 47.5. The summed E-state index contributed by atoms with van der Waals surface area (Å²) in [6.45, 7) is 3.37. The van der Waals surface area contributed by atoms with Crippen molar-refractivity contribution in [3.8, 4) is 0 Å². The van der Waals surface area contributed by atoms with Crippen LogP contribution in [0.4, 0.5) is 0 Å². The zero-order chi connectivity index (χ0) is 42.7. The van der Waals surface area contributed by atoms with Crippen molar-refractivity contribution in [3.63, 3.8) is 0 Å². The standard InChI is InChI=1S/C45H85NO11S/c1-3-5-7-9-11-13-15-17-18-19-20-21-23-25-27-29-31-33-35-41(49)46-38(39(48)34-32-30-28-26-24-22-16-14-12-10-8-6-4-2)37-55-45-43(51)44(57-58(52,53)54)42(50)40(36-47)56-45/h20-21,32,34,38-40,42-45,47-48,50-51H,3-19,22-31,33,35-37H2,1-2H3,(H,46,49)(H,52,53,54)/b21-20-,34-32+. The summed E-state index contributed by atoms with van der Waals surface area (Å²) >= 11 is 0. The molecule has 1 heterocycles. The minimum absolute atomic E-state index is 0.260. The van der Waals surface area contributed by atoms with Gasteiger partial charge in [0.1, 0.15) is 24.4 Å². The first-order chi connectivity index (χ1) is 28.0. The van der Waals surface area contributed by atoms with Crippen LogP contribution in [0.5, 0.6) is 0 Å². The molecule has 7 unspecified atom stereocenters. The number of carbonyl (C=O) groups excluding carboxylic acids is 1. The molecule has 58 heavy (non-hydrogen) atoms. The summed E-state index contributed by atoms with van der Waals surface area (Å²) in [5.74, 6) is -0.271. The highest BCUT2D eigenvalue weighted by atomic mass is 32.3. The van der Waals surface area contributed by atoms with Gasteiger partial charge in [-0.2, -0.15) is 8.42 Å². The first kappa shape index (κ1) is 54.6. The average molecular weight is 848 g/mol. The third kappa shape index (κ3) is 28.9. The minimum atomic E-state index is -5.08. The third-order valence-corrected chi connectivity index (χ3v) is 11.4. The van der Waals surface area contributed by atoms with Crippen molar-refractivity contribution in [2.45, 2.75) is 243 Å². The fourth-order valence-corrected chi connectivity index (χ4v) is 7.84. The highest BCUT2D eigenvalue weighted by molar-refractivity contribution is 7.80. The van der Waals surface area contributed by atoms with Gasteiger partial charge in [0.15, 0.2) is 6.29 Å². The van der Waals surface area contributed by atoms with Crippen molar-refractivity contribution in [2.75, 3.05) is 13.2 Å². The number of ether oxygens (including phenoxy) is 2. The molecule has 1 aliphatic heterocycles. The van der Waals surface area contributed by atoms with Crippen molar-refractivity contribution in [1.29, 1.82) is 0 Å². The van der Waals surface area contributed by atoms with E-state index in [1.54, 1.807) is 6.08 Å². The quantitative estimate of drug-likeness (QED) is 0.0197. The Labute approximate surface area is 352 Å². The lowest BCUT2D eigenvalue weighted by Crippen LogP contribution is -2.61. The molecule has 0 aromatic heterocycles. The van der Waals surface area contributed by atoms with Crippen LogP contribution in [0.2, 0.25) is 0 Å². The molecule has 342 valence electrons. The Morgan fingerprint density at radius 2 is 1.10 bits per heavy atom. The minimum Gasteiger partial charge on any atom is -0.394 e. The van der Waals surface area contributed by atoms with Gasteiger partial charge in [0.25, 0.3) is 0 Å². The molecule has 0 aromatic rings. The van der Waals surface area contributed by atoms with Crippen LogP contribution in [-0.2, 0) is 28.9 Å². The Morgan fingerprint density at radius 1 is 0.672 bits per heavy atom. The molecule has 1 aliphatic rings. The molecule has 7 atom stereocenters. The van der Waals surface area contributed by atoms with Crippen LogP contribution < -0.4 is 5.32 Å². The molecule has 1 fully saturated rings. The molecule has 1 rings (SSSR count). The van der Waals surface area contributed by atoms with Crippen LogP contribution in [0.3, 0.4) is 0 Å². The van der Waals surface area contributed by atoms with Crippen LogP contribution in [0, 0.1) is 0 Å². The van der Waals surface area contributed by atoms with Gasteiger partial charge in [0.2, 0.25) is 5.91 Å².